The molecule has 1 amide bonds. The smallest absolute Gasteiger partial charge is 0.350 e. The molecule has 4 aromatic rings. The van der Waals surface area contributed by atoms with Gasteiger partial charge in [0, 0.05) is 10.7 Å². The molecule has 2 aromatic carbocycles. The Morgan fingerprint density at radius 1 is 1.21 bits per heavy atom. The Hall–Kier alpha value is -4.29. The molecule has 11 nitrogen and oxygen atoms in total. The van der Waals surface area contributed by atoms with Gasteiger partial charge in [-0.15, -0.1) is 0 Å². The van der Waals surface area contributed by atoms with E-state index in [2.05, 4.69) is 25.4 Å². The first-order valence-electron chi connectivity index (χ1n) is 12.0. The number of thiazole rings is 1. The predicted octanol–water partition coefficient (Wildman–Crippen LogP) is 5.05. The first-order valence-corrected chi connectivity index (χ1v) is 13.2. The van der Waals surface area contributed by atoms with Crippen LogP contribution >= 0.6 is 22.9 Å². The highest BCUT2D eigenvalue weighted by molar-refractivity contribution is 7.15. The number of hydrogen-bond donors (Lipinski definition) is 1. The number of hydrogen-bond acceptors (Lipinski definition) is 11. The lowest BCUT2D eigenvalue weighted by molar-refractivity contribution is -0.130. The van der Waals surface area contributed by atoms with Gasteiger partial charge in [0.05, 0.1) is 25.9 Å². The van der Waals surface area contributed by atoms with E-state index in [1.807, 2.05) is 12.1 Å². The van der Waals surface area contributed by atoms with Gasteiger partial charge in [0.15, 0.2) is 5.82 Å². The predicted molar refractivity (Wildman–Crippen MR) is 144 cm³/mol. The molecule has 39 heavy (non-hydrogen) atoms. The van der Waals surface area contributed by atoms with E-state index in [1.54, 1.807) is 55.1 Å². The number of aryl methyl sites for hydroxylation is 1. The highest BCUT2D eigenvalue weighted by Gasteiger charge is 2.36. The Balaban J connectivity index is 1.32. The number of aromatic nitrogens is 3. The van der Waals surface area contributed by atoms with E-state index in [9.17, 15) is 9.59 Å². The van der Waals surface area contributed by atoms with Crippen molar-refractivity contribution in [1.82, 2.24) is 20.0 Å². The lowest BCUT2D eigenvalue weighted by atomic mass is 10.1. The number of ether oxygens (including phenoxy) is 2. The Morgan fingerprint density at radius 3 is 2.67 bits per heavy atom. The molecule has 3 heterocycles. The second-order valence-corrected chi connectivity index (χ2v) is 9.84. The number of carbonyl (C=O) groups excluding carboxylic acids is 2. The fourth-order valence-electron chi connectivity index (χ4n) is 3.74. The minimum Gasteiger partial charge on any atom is -0.462 e. The van der Waals surface area contributed by atoms with Crippen LogP contribution in [0.1, 0.15) is 39.8 Å². The number of carbonyl (C=O) groups is 2. The summed E-state index contributed by atoms with van der Waals surface area (Å²) in [6.45, 7) is 4.15. The van der Waals surface area contributed by atoms with Crippen LogP contribution in [0.2, 0.25) is 5.02 Å². The van der Waals surface area contributed by atoms with Crippen molar-refractivity contribution in [1.29, 1.82) is 0 Å². The molecule has 0 spiro atoms. The monoisotopic (exact) mass is 566 g/mol. The lowest BCUT2D eigenvalue weighted by Gasteiger charge is -2.31. The summed E-state index contributed by atoms with van der Waals surface area (Å²) < 4.78 is 16.0. The van der Waals surface area contributed by atoms with Crippen LogP contribution in [0.15, 0.2) is 64.2 Å². The zero-order valence-corrected chi connectivity index (χ0v) is 22.5. The number of anilines is 1. The van der Waals surface area contributed by atoms with Gasteiger partial charge in [-0.2, -0.15) is 4.98 Å². The number of aliphatic imine (C=N–C) groups is 1. The molecule has 5 rings (SSSR count). The van der Waals surface area contributed by atoms with Crippen molar-refractivity contribution in [2.75, 3.05) is 18.5 Å². The van der Waals surface area contributed by atoms with Crippen LogP contribution in [0.3, 0.4) is 0 Å². The normalized spacial score (nSPS) is 15.2. The number of halogens is 1. The number of nitrogens with one attached hydrogen (secondary N) is 1. The van der Waals surface area contributed by atoms with E-state index >= 15 is 0 Å². The topological polar surface area (TPSA) is 132 Å². The maximum atomic E-state index is 13.5. The fourth-order valence-corrected chi connectivity index (χ4v) is 4.55. The molecule has 0 aliphatic carbocycles. The Bertz CT molecular complexity index is 1500. The third-order valence-electron chi connectivity index (χ3n) is 5.62. The zero-order chi connectivity index (χ0) is 27.4. The van der Waals surface area contributed by atoms with E-state index in [4.69, 9.17) is 25.6 Å². The number of rotatable bonds is 8. The van der Waals surface area contributed by atoms with Gasteiger partial charge in [-0.1, -0.05) is 40.2 Å². The molecule has 1 atom stereocenters. The fraction of sp³-hybridized carbons (Fsp3) is 0.231. The van der Waals surface area contributed by atoms with Gasteiger partial charge in [0.2, 0.25) is 17.8 Å². The van der Waals surface area contributed by atoms with Gasteiger partial charge in [-0.3, -0.25) is 14.7 Å². The standard InChI is InChI=1S/C26H23ClN6O5S/c1-3-36-24(35)21-13-29-26(39-21)37-19-10-8-18(9-11-19)31-25-28-12-20(22-30-15(2)32-38-22)23(34)33(25)14-16-4-6-17(27)7-5-16/h4-11,13,20H,3,12,14H2,1-2H3,(H,28,31). The van der Waals surface area contributed by atoms with E-state index < -0.39 is 11.9 Å². The maximum Gasteiger partial charge on any atom is 0.350 e. The molecule has 1 unspecified atom stereocenters. The lowest BCUT2D eigenvalue weighted by Crippen LogP contribution is -2.47. The van der Waals surface area contributed by atoms with Gasteiger partial charge in [0.1, 0.15) is 16.5 Å². The minimum absolute atomic E-state index is 0.161. The number of nitrogens with zero attached hydrogens (tertiary/aromatic N) is 5. The first kappa shape index (κ1) is 26.3. The summed E-state index contributed by atoms with van der Waals surface area (Å²) in [7, 11) is 0. The molecule has 0 bridgehead atoms. The maximum absolute atomic E-state index is 13.5. The molecule has 0 saturated heterocycles. The van der Waals surface area contributed by atoms with Gasteiger partial charge in [0.25, 0.3) is 5.19 Å². The van der Waals surface area contributed by atoms with Crippen LogP contribution < -0.4 is 10.1 Å². The summed E-state index contributed by atoms with van der Waals surface area (Å²) in [5, 5.41) is 7.96. The molecule has 13 heteroatoms. The summed E-state index contributed by atoms with van der Waals surface area (Å²) >= 11 is 7.14. The van der Waals surface area contributed by atoms with Crippen molar-refractivity contribution >= 4 is 46.5 Å². The van der Waals surface area contributed by atoms with Crippen LogP contribution in [0.25, 0.3) is 0 Å². The highest BCUT2D eigenvalue weighted by Crippen LogP contribution is 2.29. The van der Waals surface area contributed by atoms with Crippen LogP contribution in [0, 0.1) is 6.92 Å². The molecule has 0 fully saturated rings. The summed E-state index contributed by atoms with van der Waals surface area (Å²) in [5.74, 6) is 0.256. The van der Waals surface area contributed by atoms with E-state index in [1.165, 1.54) is 6.20 Å². The average molecular weight is 567 g/mol. The second-order valence-electron chi connectivity index (χ2n) is 8.41. The SMILES string of the molecule is CCOC(=O)c1cnc(Oc2ccc(NC3=NCC(c4nc(C)no4)C(=O)N3Cc3ccc(Cl)cc3)cc2)s1. The van der Waals surface area contributed by atoms with Crippen molar-refractivity contribution < 1.29 is 23.6 Å². The van der Waals surface area contributed by atoms with Gasteiger partial charge < -0.3 is 19.3 Å². The zero-order valence-electron chi connectivity index (χ0n) is 21.0. The average Bonchev–Trinajstić information content (AvgIpc) is 3.58. The molecular weight excluding hydrogens is 544 g/mol. The minimum atomic E-state index is -0.683. The summed E-state index contributed by atoms with van der Waals surface area (Å²) in [6, 6.07) is 14.3. The summed E-state index contributed by atoms with van der Waals surface area (Å²) in [5.41, 5.74) is 1.56. The van der Waals surface area contributed by atoms with Crippen LogP contribution in [0.5, 0.6) is 10.9 Å². The number of esters is 1. The molecule has 1 N–H and O–H groups in total. The van der Waals surface area contributed by atoms with Crippen LogP contribution in [-0.4, -0.2) is 51.0 Å². The Labute approximate surface area is 232 Å². The van der Waals surface area contributed by atoms with Gasteiger partial charge >= 0.3 is 5.97 Å². The summed E-state index contributed by atoms with van der Waals surface area (Å²) in [4.78, 5) is 40.3. The third kappa shape index (κ3) is 6.24. The Kier molecular flexibility index (Phi) is 7.84. The van der Waals surface area contributed by atoms with E-state index in [0.717, 1.165) is 16.9 Å². The second kappa shape index (κ2) is 11.6. The van der Waals surface area contributed by atoms with E-state index in [-0.39, 0.29) is 31.5 Å². The highest BCUT2D eigenvalue weighted by atomic mass is 35.5. The molecule has 0 radical (unpaired) electrons. The summed E-state index contributed by atoms with van der Waals surface area (Å²) in [6.07, 6.45) is 1.42. The van der Waals surface area contributed by atoms with Crippen LogP contribution in [-0.2, 0) is 16.1 Å². The number of guanidine groups is 1. The largest absolute Gasteiger partial charge is 0.462 e. The van der Waals surface area contributed by atoms with Crippen molar-refractivity contribution in [2.24, 2.45) is 4.99 Å². The van der Waals surface area contributed by atoms with Crippen molar-refractivity contribution in [3.63, 3.8) is 0 Å². The first-order chi connectivity index (χ1) is 18.9. The Morgan fingerprint density at radius 2 is 1.97 bits per heavy atom. The van der Waals surface area contributed by atoms with Crippen molar-refractivity contribution in [3.8, 4) is 10.9 Å². The molecule has 1 aliphatic rings. The van der Waals surface area contributed by atoms with Crippen molar-refractivity contribution in [3.05, 3.63) is 81.9 Å². The van der Waals surface area contributed by atoms with E-state index in [0.29, 0.717) is 38.3 Å². The molecular formula is C26H23ClN6O5S. The molecule has 1 aliphatic heterocycles. The number of benzene rings is 2. The molecule has 0 saturated carbocycles. The molecule has 200 valence electrons. The molecule has 2 aromatic heterocycles. The van der Waals surface area contributed by atoms with Gasteiger partial charge in [-0.05, 0) is 55.8 Å². The van der Waals surface area contributed by atoms with Crippen molar-refractivity contribution in [2.45, 2.75) is 26.3 Å². The van der Waals surface area contributed by atoms with Gasteiger partial charge in [-0.25, -0.2) is 9.78 Å². The quantitative estimate of drug-likeness (QED) is 0.291. The van der Waals surface area contributed by atoms with Crippen LogP contribution in [0.4, 0.5) is 5.69 Å². The number of amides is 1. The third-order valence-corrected chi connectivity index (χ3v) is 6.72.